The van der Waals surface area contributed by atoms with Crippen molar-refractivity contribution >= 4 is 17.2 Å². The molecule has 0 unspecified atom stereocenters. The summed E-state index contributed by atoms with van der Waals surface area (Å²) in [6, 6.07) is 3.60. The number of hydrogen-bond donors (Lipinski definition) is 1. The van der Waals surface area contributed by atoms with Gasteiger partial charge in [0, 0.05) is 6.54 Å². The predicted octanol–water partition coefficient (Wildman–Crippen LogP) is 3.31. The third-order valence-electron chi connectivity index (χ3n) is 2.59. The zero-order chi connectivity index (χ0) is 14.7. The molecule has 0 fully saturated rings. The van der Waals surface area contributed by atoms with E-state index in [4.69, 9.17) is 0 Å². The standard InChI is InChI=1S/C14H12F2N2OS/c1-3-7-17-13(19)12-8(2)18-14(20-12)11-9(15)5-4-6-10(11)16/h3-6H,1,7H2,2H3,(H,17,19). The Morgan fingerprint density at radius 2 is 2.10 bits per heavy atom. The molecule has 3 nitrogen and oxygen atoms in total. The Labute approximate surface area is 119 Å². The fourth-order valence-electron chi connectivity index (χ4n) is 1.66. The average Bonchev–Trinajstić information content (AvgIpc) is 2.77. The lowest BCUT2D eigenvalue weighted by Crippen LogP contribution is -2.22. The van der Waals surface area contributed by atoms with Crippen molar-refractivity contribution in [3.8, 4) is 10.6 Å². The molecule has 0 radical (unpaired) electrons. The smallest absolute Gasteiger partial charge is 0.263 e. The summed E-state index contributed by atoms with van der Waals surface area (Å²) in [5.74, 6) is -1.73. The summed E-state index contributed by atoms with van der Waals surface area (Å²) in [5.41, 5.74) is 0.234. The van der Waals surface area contributed by atoms with Gasteiger partial charge >= 0.3 is 0 Å². The van der Waals surface area contributed by atoms with Crippen LogP contribution in [0.4, 0.5) is 8.78 Å². The van der Waals surface area contributed by atoms with Crippen LogP contribution in [-0.2, 0) is 0 Å². The molecule has 0 aliphatic heterocycles. The molecule has 1 N–H and O–H groups in total. The Bertz CT molecular complexity index is 647. The van der Waals surface area contributed by atoms with E-state index in [0.29, 0.717) is 17.1 Å². The Morgan fingerprint density at radius 3 is 2.70 bits per heavy atom. The molecule has 104 valence electrons. The third kappa shape index (κ3) is 2.75. The number of amides is 1. The summed E-state index contributed by atoms with van der Waals surface area (Å²) in [4.78, 5) is 16.3. The van der Waals surface area contributed by atoms with Crippen molar-refractivity contribution in [2.24, 2.45) is 0 Å². The maximum atomic E-state index is 13.7. The molecule has 2 aromatic rings. The number of aryl methyl sites for hydroxylation is 1. The molecule has 0 aliphatic rings. The normalized spacial score (nSPS) is 10.3. The minimum absolute atomic E-state index is 0.154. The number of rotatable bonds is 4. The Morgan fingerprint density at radius 1 is 1.45 bits per heavy atom. The van der Waals surface area contributed by atoms with E-state index < -0.39 is 11.6 Å². The topological polar surface area (TPSA) is 42.0 Å². The number of halogens is 2. The van der Waals surface area contributed by atoms with Crippen molar-refractivity contribution in [3.05, 3.63) is 53.1 Å². The van der Waals surface area contributed by atoms with Crippen LogP contribution in [0.3, 0.4) is 0 Å². The summed E-state index contributed by atoms with van der Waals surface area (Å²) >= 11 is 0.962. The average molecular weight is 294 g/mol. The molecule has 1 amide bonds. The van der Waals surface area contributed by atoms with Crippen molar-refractivity contribution in [1.29, 1.82) is 0 Å². The van der Waals surface area contributed by atoms with E-state index in [1.807, 2.05) is 0 Å². The Hall–Kier alpha value is -2.08. The van der Waals surface area contributed by atoms with Crippen LogP contribution in [0.2, 0.25) is 0 Å². The van der Waals surface area contributed by atoms with Crippen LogP contribution >= 0.6 is 11.3 Å². The van der Waals surface area contributed by atoms with Gasteiger partial charge in [-0.05, 0) is 19.1 Å². The van der Waals surface area contributed by atoms with E-state index in [2.05, 4.69) is 16.9 Å². The Kier molecular flexibility index (Phi) is 4.24. The molecule has 20 heavy (non-hydrogen) atoms. The second kappa shape index (κ2) is 5.92. The highest BCUT2D eigenvalue weighted by molar-refractivity contribution is 7.17. The fourth-order valence-corrected chi connectivity index (χ4v) is 2.69. The van der Waals surface area contributed by atoms with Crippen LogP contribution in [0, 0.1) is 18.6 Å². The second-order valence-corrected chi connectivity index (χ2v) is 5.03. The van der Waals surface area contributed by atoms with Crippen LogP contribution in [0.25, 0.3) is 10.6 Å². The number of thiazole rings is 1. The van der Waals surface area contributed by atoms with E-state index in [1.54, 1.807) is 13.0 Å². The van der Waals surface area contributed by atoms with Gasteiger partial charge in [-0.25, -0.2) is 13.8 Å². The number of benzene rings is 1. The van der Waals surface area contributed by atoms with Crippen molar-refractivity contribution < 1.29 is 13.6 Å². The molecule has 0 aliphatic carbocycles. The minimum Gasteiger partial charge on any atom is -0.348 e. The first kappa shape index (κ1) is 14.3. The molecule has 2 rings (SSSR count). The predicted molar refractivity (Wildman–Crippen MR) is 74.7 cm³/mol. The number of carbonyl (C=O) groups excluding carboxylic acids is 1. The van der Waals surface area contributed by atoms with Crippen LogP contribution in [0.15, 0.2) is 30.9 Å². The fraction of sp³-hybridized carbons (Fsp3) is 0.143. The van der Waals surface area contributed by atoms with Crippen molar-refractivity contribution in [1.82, 2.24) is 10.3 Å². The van der Waals surface area contributed by atoms with E-state index in [-0.39, 0.29) is 16.5 Å². The highest BCUT2D eigenvalue weighted by atomic mass is 32.1. The first-order chi connectivity index (χ1) is 9.54. The summed E-state index contributed by atoms with van der Waals surface area (Å²) < 4.78 is 27.4. The van der Waals surface area contributed by atoms with E-state index >= 15 is 0 Å². The number of hydrogen-bond acceptors (Lipinski definition) is 3. The van der Waals surface area contributed by atoms with Gasteiger partial charge in [0.15, 0.2) is 0 Å². The molecular formula is C14H12F2N2OS. The lowest BCUT2D eigenvalue weighted by Gasteiger charge is -2.00. The first-order valence-corrected chi connectivity index (χ1v) is 6.67. The van der Waals surface area contributed by atoms with Gasteiger partial charge in [-0.15, -0.1) is 17.9 Å². The van der Waals surface area contributed by atoms with Gasteiger partial charge in [0.25, 0.3) is 5.91 Å². The van der Waals surface area contributed by atoms with E-state index in [1.165, 1.54) is 6.07 Å². The van der Waals surface area contributed by atoms with Gasteiger partial charge in [-0.1, -0.05) is 12.1 Å². The summed E-state index contributed by atoms with van der Waals surface area (Å²) in [7, 11) is 0. The SMILES string of the molecule is C=CCNC(=O)c1sc(-c2c(F)cccc2F)nc1C. The monoisotopic (exact) mass is 294 g/mol. The van der Waals surface area contributed by atoms with E-state index in [0.717, 1.165) is 23.5 Å². The largest absolute Gasteiger partial charge is 0.348 e. The molecule has 1 aromatic heterocycles. The molecular weight excluding hydrogens is 282 g/mol. The Balaban J connectivity index is 2.41. The minimum atomic E-state index is -0.697. The molecule has 1 heterocycles. The number of carbonyl (C=O) groups is 1. The number of nitrogens with one attached hydrogen (secondary N) is 1. The number of nitrogens with zero attached hydrogens (tertiary/aromatic N) is 1. The first-order valence-electron chi connectivity index (χ1n) is 5.85. The zero-order valence-corrected chi connectivity index (χ0v) is 11.6. The maximum Gasteiger partial charge on any atom is 0.263 e. The van der Waals surface area contributed by atoms with Gasteiger partial charge in [0.2, 0.25) is 0 Å². The molecule has 0 bridgehead atoms. The van der Waals surface area contributed by atoms with Gasteiger partial charge < -0.3 is 5.32 Å². The summed E-state index contributed by atoms with van der Waals surface area (Å²) in [6.07, 6.45) is 1.55. The van der Waals surface area contributed by atoms with Gasteiger partial charge in [0.05, 0.1) is 11.3 Å². The number of aromatic nitrogens is 1. The third-order valence-corrected chi connectivity index (χ3v) is 3.76. The van der Waals surface area contributed by atoms with Crippen molar-refractivity contribution in [3.63, 3.8) is 0 Å². The van der Waals surface area contributed by atoms with Crippen LogP contribution in [0.5, 0.6) is 0 Å². The molecule has 1 aromatic carbocycles. The van der Waals surface area contributed by atoms with Crippen LogP contribution in [-0.4, -0.2) is 17.4 Å². The van der Waals surface area contributed by atoms with Crippen LogP contribution < -0.4 is 5.32 Å². The highest BCUT2D eigenvalue weighted by Crippen LogP contribution is 2.31. The van der Waals surface area contributed by atoms with Gasteiger partial charge in [-0.3, -0.25) is 4.79 Å². The van der Waals surface area contributed by atoms with Gasteiger partial charge in [-0.2, -0.15) is 0 Å². The lowest BCUT2D eigenvalue weighted by atomic mass is 10.2. The molecule has 0 atom stereocenters. The second-order valence-electron chi connectivity index (χ2n) is 4.03. The molecule has 0 saturated heterocycles. The van der Waals surface area contributed by atoms with Crippen molar-refractivity contribution in [2.45, 2.75) is 6.92 Å². The summed E-state index contributed by atoms with van der Waals surface area (Å²) in [5, 5.41) is 2.76. The zero-order valence-electron chi connectivity index (χ0n) is 10.7. The van der Waals surface area contributed by atoms with Gasteiger partial charge in [0.1, 0.15) is 21.5 Å². The van der Waals surface area contributed by atoms with Crippen molar-refractivity contribution in [2.75, 3.05) is 6.54 Å². The highest BCUT2D eigenvalue weighted by Gasteiger charge is 2.20. The quantitative estimate of drug-likeness (QED) is 0.879. The summed E-state index contributed by atoms with van der Waals surface area (Å²) in [6.45, 7) is 5.44. The molecule has 6 heteroatoms. The van der Waals surface area contributed by atoms with Crippen LogP contribution in [0.1, 0.15) is 15.4 Å². The molecule has 0 saturated carbocycles. The lowest BCUT2D eigenvalue weighted by molar-refractivity contribution is 0.0961. The maximum absolute atomic E-state index is 13.7. The molecule has 0 spiro atoms. The van der Waals surface area contributed by atoms with E-state index in [9.17, 15) is 13.6 Å².